The fourth-order valence-corrected chi connectivity index (χ4v) is 3.70. The molecule has 6 nitrogen and oxygen atoms in total. The molecule has 5 rings (SSSR count). The first-order valence-corrected chi connectivity index (χ1v) is 10.3. The van der Waals surface area contributed by atoms with Crippen LogP contribution in [0.3, 0.4) is 0 Å². The number of hydrogen-bond donors (Lipinski definition) is 1. The van der Waals surface area contributed by atoms with Gasteiger partial charge in [0.1, 0.15) is 11.4 Å². The summed E-state index contributed by atoms with van der Waals surface area (Å²) >= 11 is 0. The molecule has 0 radical (unpaired) electrons. The van der Waals surface area contributed by atoms with E-state index in [4.69, 9.17) is 14.6 Å². The van der Waals surface area contributed by atoms with Gasteiger partial charge in [-0.3, -0.25) is 0 Å². The van der Waals surface area contributed by atoms with Crippen LogP contribution in [0.5, 0.6) is 5.75 Å². The van der Waals surface area contributed by atoms with E-state index in [9.17, 15) is 4.79 Å². The molecular weight excluding hydrogens is 402 g/mol. The lowest BCUT2D eigenvalue weighted by Gasteiger charge is -2.09. The molecule has 0 aliphatic carbocycles. The average molecular weight is 423 g/mol. The topological polar surface area (TPSA) is 65.4 Å². The van der Waals surface area contributed by atoms with E-state index < -0.39 is 12.1 Å². The minimum atomic E-state index is -0.563. The largest absolute Gasteiger partial charge is 0.495 e. The van der Waals surface area contributed by atoms with Crippen molar-refractivity contribution in [1.29, 1.82) is 0 Å². The smallest absolute Gasteiger partial charge is 0.355 e. The maximum Gasteiger partial charge on any atom is 0.355 e. The van der Waals surface area contributed by atoms with Crippen LogP contribution in [-0.4, -0.2) is 22.9 Å². The number of carbonyl (C=O) groups is 1. The van der Waals surface area contributed by atoms with Gasteiger partial charge in [0.25, 0.3) is 0 Å². The van der Waals surface area contributed by atoms with Gasteiger partial charge in [-0.05, 0) is 30.3 Å². The number of nitrogens with one attached hydrogen (secondary N) is 1. The molecule has 0 spiro atoms. The molecule has 158 valence electrons. The van der Waals surface area contributed by atoms with E-state index >= 15 is 0 Å². The van der Waals surface area contributed by atoms with Crippen LogP contribution < -0.4 is 10.1 Å². The zero-order valence-corrected chi connectivity index (χ0v) is 17.4. The molecule has 1 aromatic heterocycles. The fourth-order valence-electron chi connectivity index (χ4n) is 3.70. The number of anilines is 1. The summed E-state index contributed by atoms with van der Waals surface area (Å²) in [5, 5.41) is 7.95. The summed E-state index contributed by atoms with van der Waals surface area (Å²) in [5.74, 6) is 0.221. The van der Waals surface area contributed by atoms with Gasteiger partial charge in [0.05, 0.1) is 24.2 Å². The second-order valence-corrected chi connectivity index (χ2v) is 7.31. The standard InChI is InChI=1S/C26H21N3O3/c1-31-23-15-9-8-14-21(23)27-22-16-24(32-26(22)30)20-17-29(19-12-6-3-7-13-19)28-25(20)18-10-4-2-5-11-18/h2-17,24,27H,1H3. The highest BCUT2D eigenvalue weighted by molar-refractivity contribution is 5.95. The van der Waals surface area contributed by atoms with Crippen LogP contribution >= 0.6 is 0 Å². The molecule has 0 bridgehead atoms. The lowest BCUT2D eigenvalue weighted by molar-refractivity contribution is -0.139. The second kappa shape index (κ2) is 8.43. The highest BCUT2D eigenvalue weighted by atomic mass is 16.5. The molecule has 0 fully saturated rings. The Morgan fingerprint density at radius 2 is 1.62 bits per heavy atom. The summed E-state index contributed by atoms with van der Waals surface area (Å²) in [4.78, 5) is 12.7. The zero-order valence-electron chi connectivity index (χ0n) is 17.4. The third kappa shape index (κ3) is 3.74. The normalized spacial score (nSPS) is 15.2. The number of para-hydroxylation sites is 3. The number of methoxy groups -OCH3 is 1. The third-order valence-corrected chi connectivity index (χ3v) is 5.27. The van der Waals surface area contributed by atoms with Gasteiger partial charge in [0.15, 0.2) is 6.10 Å². The molecule has 0 amide bonds. The van der Waals surface area contributed by atoms with Crippen LogP contribution in [0.1, 0.15) is 11.7 Å². The lowest BCUT2D eigenvalue weighted by Crippen LogP contribution is -2.09. The summed E-state index contributed by atoms with van der Waals surface area (Å²) in [5.41, 5.74) is 4.52. The molecular formula is C26H21N3O3. The van der Waals surface area contributed by atoms with Crippen molar-refractivity contribution in [2.45, 2.75) is 6.10 Å². The number of benzene rings is 3. The first-order chi connectivity index (χ1) is 15.7. The molecule has 1 N–H and O–H groups in total. The Hall–Kier alpha value is -4.32. The van der Waals surface area contributed by atoms with Gasteiger partial charge in [0, 0.05) is 17.3 Å². The van der Waals surface area contributed by atoms with Gasteiger partial charge in [0.2, 0.25) is 0 Å². The quantitative estimate of drug-likeness (QED) is 0.435. The summed E-state index contributed by atoms with van der Waals surface area (Å²) in [6.07, 6.45) is 3.14. The molecule has 1 unspecified atom stereocenters. The van der Waals surface area contributed by atoms with Gasteiger partial charge < -0.3 is 14.8 Å². The van der Waals surface area contributed by atoms with Gasteiger partial charge in [-0.1, -0.05) is 60.7 Å². The molecule has 1 aliphatic rings. The van der Waals surface area contributed by atoms with Crippen molar-refractivity contribution < 1.29 is 14.3 Å². The van der Waals surface area contributed by atoms with Gasteiger partial charge in [-0.2, -0.15) is 5.10 Å². The van der Waals surface area contributed by atoms with E-state index in [1.54, 1.807) is 13.2 Å². The van der Waals surface area contributed by atoms with Crippen molar-refractivity contribution >= 4 is 11.7 Å². The van der Waals surface area contributed by atoms with E-state index in [0.717, 1.165) is 22.5 Å². The van der Waals surface area contributed by atoms with Crippen LogP contribution in [0.2, 0.25) is 0 Å². The van der Waals surface area contributed by atoms with Gasteiger partial charge >= 0.3 is 5.97 Å². The van der Waals surface area contributed by atoms with Crippen molar-refractivity contribution in [3.05, 3.63) is 108 Å². The number of esters is 1. The highest BCUT2D eigenvalue weighted by Gasteiger charge is 2.31. The van der Waals surface area contributed by atoms with E-state index in [2.05, 4.69) is 5.32 Å². The number of nitrogens with zero attached hydrogens (tertiary/aromatic N) is 2. The first kappa shape index (κ1) is 19.6. The number of hydrogen-bond acceptors (Lipinski definition) is 5. The first-order valence-electron chi connectivity index (χ1n) is 10.3. The Balaban J connectivity index is 1.54. The maximum absolute atomic E-state index is 12.7. The van der Waals surface area contributed by atoms with Crippen molar-refractivity contribution in [3.63, 3.8) is 0 Å². The molecule has 32 heavy (non-hydrogen) atoms. The minimum Gasteiger partial charge on any atom is -0.495 e. The molecule has 1 aliphatic heterocycles. The SMILES string of the molecule is COc1ccccc1NC1=CC(c2cn(-c3ccccc3)nc2-c2ccccc2)OC1=O. The molecule has 0 saturated carbocycles. The molecule has 0 saturated heterocycles. The zero-order chi connectivity index (χ0) is 21.9. The van der Waals surface area contributed by atoms with E-state index in [1.807, 2.05) is 95.8 Å². The molecule has 6 heteroatoms. The second-order valence-electron chi connectivity index (χ2n) is 7.31. The predicted molar refractivity (Wildman–Crippen MR) is 123 cm³/mol. The predicted octanol–water partition coefficient (Wildman–Crippen LogP) is 5.14. The Morgan fingerprint density at radius 1 is 0.938 bits per heavy atom. The van der Waals surface area contributed by atoms with Gasteiger partial charge in [-0.25, -0.2) is 9.48 Å². The van der Waals surface area contributed by atoms with Crippen LogP contribution in [0.25, 0.3) is 16.9 Å². The van der Waals surface area contributed by atoms with E-state index in [0.29, 0.717) is 17.1 Å². The fraction of sp³-hybridized carbons (Fsp3) is 0.0769. The van der Waals surface area contributed by atoms with Crippen LogP contribution in [0, 0.1) is 0 Å². The highest BCUT2D eigenvalue weighted by Crippen LogP contribution is 2.36. The summed E-state index contributed by atoms with van der Waals surface area (Å²) in [6.45, 7) is 0. The number of ether oxygens (including phenoxy) is 2. The molecule has 1 atom stereocenters. The number of aromatic nitrogens is 2. The van der Waals surface area contributed by atoms with Gasteiger partial charge in [-0.15, -0.1) is 0 Å². The van der Waals surface area contributed by atoms with E-state index in [1.165, 1.54) is 0 Å². The van der Waals surface area contributed by atoms with Crippen LogP contribution in [0.15, 0.2) is 103 Å². The van der Waals surface area contributed by atoms with E-state index in [-0.39, 0.29) is 0 Å². The molecule has 2 heterocycles. The monoisotopic (exact) mass is 423 g/mol. The summed E-state index contributed by atoms with van der Waals surface area (Å²) in [6, 6.07) is 27.2. The Labute approximate surface area is 185 Å². The molecule has 4 aromatic rings. The maximum atomic E-state index is 12.7. The third-order valence-electron chi connectivity index (χ3n) is 5.27. The van der Waals surface area contributed by atoms with Crippen LogP contribution in [0.4, 0.5) is 5.69 Å². The summed E-state index contributed by atoms with van der Waals surface area (Å²) < 4.78 is 12.9. The van der Waals surface area contributed by atoms with Crippen molar-refractivity contribution in [3.8, 4) is 22.7 Å². The number of rotatable bonds is 6. The van der Waals surface area contributed by atoms with Crippen molar-refractivity contribution in [2.24, 2.45) is 0 Å². The van der Waals surface area contributed by atoms with Crippen molar-refractivity contribution in [2.75, 3.05) is 12.4 Å². The Bertz CT molecular complexity index is 1280. The van der Waals surface area contributed by atoms with Crippen LogP contribution in [-0.2, 0) is 9.53 Å². The number of carbonyl (C=O) groups excluding carboxylic acids is 1. The average Bonchev–Trinajstić information content (AvgIpc) is 3.45. The molecule has 3 aromatic carbocycles. The number of cyclic esters (lactones) is 1. The lowest BCUT2D eigenvalue weighted by atomic mass is 10.0. The Morgan fingerprint density at radius 3 is 2.38 bits per heavy atom. The Kier molecular flexibility index (Phi) is 5.17. The summed E-state index contributed by atoms with van der Waals surface area (Å²) in [7, 11) is 1.59. The minimum absolute atomic E-state index is 0.367. The van der Waals surface area contributed by atoms with Crippen molar-refractivity contribution in [1.82, 2.24) is 9.78 Å².